The lowest BCUT2D eigenvalue weighted by Gasteiger charge is -2.05. The molecule has 0 unspecified atom stereocenters. The molecule has 1 N–H and O–H groups in total. The molecule has 2 rings (SSSR count). The van der Waals surface area contributed by atoms with Gasteiger partial charge in [-0.25, -0.2) is 4.98 Å². The summed E-state index contributed by atoms with van der Waals surface area (Å²) in [6.45, 7) is 6.44. The van der Waals surface area contributed by atoms with Gasteiger partial charge in [0, 0.05) is 12.6 Å². The number of hydrogen-bond acceptors (Lipinski definition) is 5. The van der Waals surface area contributed by atoms with Crippen LogP contribution in [-0.2, 0) is 0 Å². The lowest BCUT2D eigenvalue weighted by atomic mass is 10.2. The van der Waals surface area contributed by atoms with E-state index in [1.165, 1.54) is 16.9 Å². The Morgan fingerprint density at radius 1 is 1.53 bits per heavy atom. The summed E-state index contributed by atoms with van der Waals surface area (Å²) in [4.78, 5) is 15.1. The second-order valence-corrected chi connectivity index (χ2v) is 5.72. The highest BCUT2D eigenvalue weighted by atomic mass is 32.1. The van der Waals surface area contributed by atoms with Gasteiger partial charge in [-0.05, 0) is 26.8 Å². The van der Waals surface area contributed by atoms with Crippen molar-refractivity contribution in [3.8, 4) is 0 Å². The number of thiazole rings is 1. The summed E-state index contributed by atoms with van der Waals surface area (Å²) in [5.74, 6) is 0. The molecule has 0 saturated carbocycles. The van der Waals surface area contributed by atoms with E-state index in [-0.39, 0.29) is 10.6 Å². The van der Waals surface area contributed by atoms with Crippen LogP contribution in [0.1, 0.15) is 18.9 Å². The number of aromatic nitrogens is 1. The largest absolute Gasteiger partial charge is 0.376 e. The minimum Gasteiger partial charge on any atom is -0.376 e. The van der Waals surface area contributed by atoms with Gasteiger partial charge in [0.1, 0.15) is 5.69 Å². The lowest BCUT2D eigenvalue weighted by molar-refractivity contribution is -0.383. The molecule has 0 atom stereocenters. The Morgan fingerprint density at radius 2 is 2.26 bits per heavy atom. The molecule has 0 aliphatic heterocycles. The maximum Gasteiger partial charge on any atom is 0.293 e. The fourth-order valence-corrected chi connectivity index (χ4v) is 2.58. The number of aryl methyl sites for hydroxylation is 1. The Balaban J connectivity index is 2.41. The zero-order valence-electron chi connectivity index (χ0n) is 11.1. The fraction of sp³-hybridized carbons (Fsp3) is 0.308. The summed E-state index contributed by atoms with van der Waals surface area (Å²) in [7, 11) is 0. The van der Waals surface area contributed by atoms with Gasteiger partial charge in [-0.15, -0.1) is 11.3 Å². The molecular weight excluding hydrogens is 262 g/mol. The van der Waals surface area contributed by atoms with Crippen LogP contribution in [0.5, 0.6) is 0 Å². The van der Waals surface area contributed by atoms with Crippen LogP contribution < -0.4 is 5.32 Å². The van der Waals surface area contributed by atoms with Crippen molar-refractivity contribution in [1.29, 1.82) is 0 Å². The SMILES string of the molecule is CC(C)=CCNc1cc2nc(C)sc2cc1[N+](=O)[O-]. The number of anilines is 1. The standard InChI is InChI=1S/C13H15N3O2S/c1-8(2)4-5-14-10-6-11-13(19-9(3)15-11)7-12(10)16(17)18/h4,6-7,14H,5H2,1-3H3. The summed E-state index contributed by atoms with van der Waals surface area (Å²) in [5, 5.41) is 15.1. The molecule has 0 amide bonds. The first-order valence-electron chi connectivity index (χ1n) is 5.90. The van der Waals surface area contributed by atoms with E-state index in [1.54, 1.807) is 12.1 Å². The molecule has 1 aromatic carbocycles. The van der Waals surface area contributed by atoms with Gasteiger partial charge in [0.2, 0.25) is 0 Å². The maximum atomic E-state index is 11.1. The van der Waals surface area contributed by atoms with Crippen LogP contribution in [0.25, 0.3) is 10.2 Å². The smallest absolute Gasteiger partial charge is 0.293 e. The number of hydrogen-bond donors (Lipinski definition) is 1. The van der Waals surface area contributed by atoms with Crippen molar-refractivity contribution < 1.29 is 4.92 Å². The highest BCUT2D eigenvalue weighted by Gasteiger charge is 2.16. The van der Waals surface area contributed by atoms with Crippen molar-refractivity contribution >= 4 is 32.9 Å². The highest BCUT2D eigenvalue weighted by Crippen LogP contribution is 2.32. The van der Waals surface area contributed by atoms with Crippen molar-refractivity contribution in [3.63, 3.8) is 0 Å². The average molecular weight is 277 g/mol. The molecule has 0 spiro atoms. The molecule has 0 bridgehead atoms. The molecule has 0 aliphatic rings. The number of nitro groups is 1. The lowest BCUT2D eigenvalue weighted by Crippen LogP contribution is -2.02. The zero-order valence-corrected chi connectivity index (χ0v) is 11.9. The van der Waals surface area contributed by atoms with Crippen molar-refractivity contribution in [1.82, 2.24) is 4.98 Å². The Morgan fingerprint density at radius 3 is 2.89 bits per heavy atom. The summed E-state index contributed by atoms with van der Waals surface area (Å²) in [5.41, 5.74) is 2.58. The number of rotatable bonds is 4. The van der Waals surface area contributed by atoms with Gasteiger partial charge in [0.05, 0.1) is 20.1 Å². The number of nitro benzene ring substituents is 1. The molecule has 2 aromatic rings. The second-order valence-electron chi connectivity index (χ2n) is 4.49. The molecule has 100 valence electrons. The first-order valence-corrected chi connectivity index (χ1v) is 6.72. The monoisotopic (exact) mass is 277 g/mol. The van der Waals surface area contributed by atoms with Crippen LogP contribution in [0.3, 0.4) is 0 Å². The molecule has 5 nitrogen and oxygen atoms in total. The minimum absolute atomic E-state index is 0.0957. The molecule has 6 heteroatoms. The third-order valence-corrected chi connectivity index (χ3v) is 3.55. The van der Waals surface area contributed by atoms with Crippen molar-refractivity contribution in [2.45, 2.75) is 20.8 Å². The van der Waals surface area contributed by atoms with E-state index in [4.69, 9.17) is 0 Å². The van der Waals surface area contributed by atoms with Crippen LogP contribution in [0.15, 0.2) is 23.8 Å². The molecule has 0 aliphatic carbocycles. The first-order chi connectivity index (χ1) is 8.97. The molecule has 19 heavy (non-hydrogen) atoms. The average Bonchev–Trinajstić information content (AvgIpc) is 2.66. The van der Waals surface area contributed by atoms with Crippen molar-refractivity contribution in [2.24, 2.45) is 0 Å². The van der Waals surface area contributed by atoms with E-state index >= 15 is 0 Å². The quantitative estimate of drug-likeness (QED) is 0.523. The maximum absolute atomic E-state index is 11.1. The van der Waals surface area contributed by atoms with Crippen LogP contribution in [0.4, 0.5) is 11.4 Å². The first kappa shape index (κ1) is 13.5. The Kier molecular flexibility index (Phi) is 3.80. The highest BCUT2D eigenvalue weighted by molar-refractivity contribution is 7.18. The Labute approximate surface area is 115 Å². The normalized spacial score (nSPS) is 10.5. The third-order valence-electron chi connectivity index (χ3n) is 2.61. The van der Waals surface area contributed by atoms with Gasteiger partial charge in [-0.2, -0.15) is 0 Å². The minimum atomic E-state index is -0.362. The summed E-state index contributed by atoms with van der Waals surface area (Å²) in [6, 6.07) is 3.33. The van der Waals surface area contributed by atoms with Crippen LogP contribution in [-0.4, -0.2) is 16.5 Å². The van der Waals surface area contributed by atoms with Crippen LogP contribution in [0.2, 0.25) is 0 Å². The van der Waals surface area contributed by atoms with Crippen LogP contribution >= 0.6 is 11.3 Å². The Bertz CT molecular complexity index is 657. The number of benzene rings is 1. The topological polar surface area (TPSA) is 68.1 Å². The molecule has 0 saturated heterocycles. The Hall–Kier alpha value is -1.95. The molecule has 0 radical (unpaired) electrons. The predicted octanol–water partition coefficient (Wildman–Crippen LogP) is 3.89. The van der Waals surface area contributed by atoms with Gasteiger partial charge in [0.15, 0.2) is 0 Å². The van der Waals surface area contributed by atoms with Gasteiger partial charge in [0.25, 0.3) is 5.69 Å². The van der Waals surface area contributed by atoms with Crippen molar-refractivity contribution in [3.05, 3.63) is 38.9 Å². The second kappa shape index (κ2) is 5.36. The number of allylic oxidation sites excluding steroid dienone is 1. The zero-order chi connectivity index (χ0) is 14.0. The van der Waals surface area contributed by atoms with Crippen molar-refractivity contribution in [2.75, 3.05) is 11.9 Å². The van der Waals surface area contributed by atoms with Gasteiger partial charge in [-0.1, -0.05) is 11.6 Å². The van der Waals surface area contributed by atoms with Crippen LogP contribution in [0, 0.1) is 17.0 Å². The molecule has 1 heterocycles. The summed E-state index contributed by atoms with van der Waals surface area (Å²) in [6.07, 6.45) is 1.99. The third kappa shape index (κ3) is 3.08. The predicted molar refractivity (Wildman–Crippen MR) is 78.9 cm³/mol. The molecular formula is C13H15N3O2S. The number of nitrogens with zero attached hydrogens (tertiary/aromatic N) is 2. The van der Waals surface area contributed by atoms with E-state index in [0.717, 1.165) is 15.2 Å². The summed E-state index contributed by atoms with van der Waals surface area (Å²) < 4.78 is 0.844. The molecule has 1 aromatic heterocycles. The summed E-state index contributed by atoms with van der Waals surface area (Å²) >= 11 is 1.47. The number of fused-ring (bicyclic) bond motifs is 1. The van der Waals surface area contributed by atoms with E-state index < -0.39 is 0 Å². The van der Waals surface area contributed by atoms with E-state index in [1.807, 2.05) is 26.8 Å². The van der Waals surface area contributed by atoms with E-state index in [2.05, 4.69) is 10.3 Å². The number of nitrogens with one attached hydrogen (secondary N) is 1. The molecule has 0 fully saturated rings. The van der Waals surface area contributed by atoms with Gasteiger partial charge >= 0.3 is 0 Å². The van der Waals surface area contributed by atoms with E-state index in [0.29, 0.717) is 12.2 Å². The van der Waals surface area contributed by atoms with E-state index in [9.17, 15) is 10.1 Å². The van der Waals surface area contributed by atoms with Gasteiger partial charge < -0.3 is 5.32 Å². The fourth-order valence-electron chi connectivity index (χ4n) is 1.74. The van der Waals surface area contributed by atoms with Gasteiger partial charge in [-0.3, -0.25) is 10.1 Å².